The second kappa shape index (κ2) is 8.90. The van der Waals surface area contributed by atoms with Gasteiger partial charge in [0.05, 0.1) is 10.7 Å². The van der Waals surface area contributed by atoms with E-state index in [4.69, 9.17) is 28.9 Å². The van der Waals surface area contributed by atoms with E-state index >= 15 is 0 Å². The van der Waals surface area contributed by atoms with Crippen LogP contribution in [0, 0.1) is 11.3 Å². The summed E-state index contributed by atoms with van der Waals surface area (Å²) in [5, 5.41) is 13.1. The molecule has 24 heavy (non-hydrogen) atoms. The van der Waals surface area contributed by atoms with Gasteiger partial charge in [0.1, 0.15) is 11.6 Å². The van der Waals surface area contributed by atoms with Gasteiger partial charge >= 0.3 is 0 Å². The Morgan fingerprint density at radius 3 is 2.67 bits per heavy atom. The predicted molar refractivity (Wildman–Crippen MR) is 95.9 cm³/mol. The molecule has 0 aliphatic carbocycles. The van der Waals surface area contributed by atoms with Gasteiger partial charge in [0.15, 0.2) is 0 Å². The number of carbonyl (C=O) groups excluding carboxylic acids is 1. The van der Waals surface area contributed by atoms with Crippen LogP contribution < -0.4 is 11.1 Å². The molecule has 1 aliphatic rings. The lowest BCUT2D eigenvalue weighted by molar-refractivity contribution is -0.128. The molecule has 0 bridgehead atoms. The highest BCUT2D eigenvalue weighted by Gasteiger charge is 2.23. The van der Waals surface area contributed by atoms with Crippen LogP contribution >= 0.6 is 23.2 Å². The molecule has 1 aliphatic heterocycles. The maximum Gasteiger partial charge on any atom is 0.266 e. The van der Waals surface area contributed by atoms with Crippen LogP contribution in [0.25, 0.3) is 0 Å². The van der Waals surface area contributed by atoms with Crippen LogP contribution in [-0.4, -0.2) is 55.0 Å². The summed E-state index contributed by atoms with van der Waals surface area (Å²) < 4.78 is 0. The molecule has 6 nitrogen and oxygen atoms in total. The summed E-state index contributed by atoms with van der Waals surface area (Å²) in [7, 11) is 0. The van der Waals surface area contributed by atoms with Crippen molar-refractivity contribution in [2.75, 3.05) is 44.6 Å². The van der Waals surface area contributed by atoms with Crippen LogP contribution in [0.15, 0.2) is 30.0 Å². The van der Waals surface area contributed by atoms with Crippen molar-refractivity contribution in [2.24, 2.45) is 5.73 Å². The standard InChI is InChI=1S/C16H19Cl2N5O/c17-13-1-2-14(18)15(9-13)21-11-12(10-20)16(24)23-7-5-22(4-3-19)6-8-23/h1-2,9,11,21H,3-8,19H2/b12-11-. The third-order valence-electron chi connectivity index (χ3n) is 3.76. The molecule has 1 saturated heterocycles. The summed E-state index contributed by atoms with van der Waals surface area (Å²) in [5.74, 6) is -0.296. The summed E-state index contributed by atoms with van der Waals surface area (Å²) in [6.45, 7) is 4.09. The molecule has 1 aromatic rings. The van der Waals surface area contributed by atoms with Gasteiger partial charge in [-0.2, -0.15) is 5.26 Å². The van der Waals surface area contributed by atoms with Gasteiger partial charge in [-0.1, -0.05) is 23.2 Å². The van der Waals surface area contributed by atoms with Crippen LogP contribution in [-0.2, 0) is 4.79 Å². The first-order valence-electron chi connectivity index (χ1n) is 7.58. The van der Waals surface area contributed by atoms with Crippen LogP contribution in [0.5, 0.6) is 0 Å². The molecule has 1 aromatic carbocycles. The number of benzene rings is 1. The highest BCUT2D eigenvalue weighted by atomic mass is 35.5. The SMILES string of the molecule is N#C/C(=C/Nc1cc(Cl)ccc1Cl)C(=O)N1CCN(CCN)CC1. The van der Waals surface area contributed by atoms with Gasteiger partial charge in [0, 0.05) is 50.5 Å². The van der Waals surface area contributed by atoms with Crippen molar-refractivity contribution in [3.05, 3.63) is 40.0 Å². The Kier molecular flexibility index (Phi) is 6.88. The van der Waals surface area contributed by atoms with Crippen molar-refractivity contribution in [3.8, 4) is 6.07 Å². The van der Waals surface area contributed by atoms with Crippen molar-refractivity contribution < 1.29 is 4.79 Å². The molecule has 2 rings (SSSR count). The number of nitriles is 1. The fourth-order valence-electron chi connectivity index (χ4n) is 2.43. The Labute approximate surface area is 151 Å². The zero-order valence-corrected chi connectivity index (χ0v) is 14.6. The summed E-state index contributed by atoms with van der Waals surface area (Å²) in [5.41, 5.74) is 6.10. The number of amides is 1. The molecule has 0 unspecified atom stereocenters. The molecule has 8 heteroatoms. The lowest BCUT2D eigenvalue weighted by atomic mass is 10.2. The van der Waals surface area contributed by atoms with Gasteiger partial charge in [-0.25, -0.2) is 0 Å². The first-order chi connectivity index (χ1) is 11.5. The zero-order chi connectivity index (χ0) is 17.5. The van der Waals surface area contributed by atoms with E-state index in [1.807, 2.05) is 6.07 Å². The van der Waals surface area contributed by atoms with Crippen molar-refractivity contribution in [3.63, 3.8) is 0 Å². The normalized spacial score (nSPS) is 15.9. The third kappa shape index (κ3) is 4.86. The van der Waals surface area contributed by atoms with Gasteiger partial charge in [-0.05, 0) is 18.2 Å². The van der Waals surface area contributed by atoms with Crippen molar-refractivity contribution in [2.45, 2.75) is 0 Å². The second-order valence-electron chi connectivity index (χ2n) is 5.36. The monoisotopic (exact) mass is 367 g/mol. The smallest absolute Gasteiger partial charge is 0.266 e. The van der Waals surface area contributed by atoms with Crippen molar-refractivity contribution in [1.29, 1.82) is 5.26 Å². The lowest BCUT2D eigenvalue weighted by Gasteiger charge is -2.34. The number of rotatable bonds is 5. The number of nitrogens with one attached hydrogen (secondary N) is 1. The minimum absolute atomic E-state index is 0.0262. The molecule has 0 saturated carbocycles. The van der Waals surface area contributed by atoms with Crippen molar-refractivity contribution >= 4 is 34.8 Å². The zero-order valence-electron chi connectivity index (χ0n) is 13.1. The van der Waals surface area contributed by atoms with E-state index in [9.17, 15) is 10.1 Å². The van der Waals surface area contributed by atoms with Crippen LogP contribution in [0.3, 0.4) is 0 Å². The highest BCUT2D eigenvalue weighted by molar-refractivity contribution is 6.35. The Balaban J connectivity index is 2.01. The van der Waals surface area contributed by atoms with E-state index < -0.39 is 0 Å². The highest BCUT2D eigenvalue weighted by Crippen LogP contribution is 2.25. The van der Waals surface area contributed by atoms with Crippen molar-refractivity contribution in [1.82, 2.24) is 9.80 Å². The van der Waals surface area contributed by atoms with E-state index in [-0.39, 0.29) is 11.5 Å². The molecule has 0 spiro atoms. The van der Waals surface area contributed by atoms with Gasteiger partial charge in [-0.15, -0.1) is 0 Å². The number of anilines is 1. The maximum atomic E-state index is 12.5. The summed E-state index contributed by atoms with van der Waals surface area (Å²) >= 11 is 12.0. The minimum atomic E-state index is -0.296. The van der Waals surface area contributed by atoms with E-state index in [0.717, 1.165) is 19.6 Å². The fraction of sp³-hybridized carbons (Fsp3) is 0.375. The van der Waals surface area contributed by atoms with Gasteiger partial charge in [-0.3, -0.25) is 9.69 Å². The number of halogens is 2. The lowest BCUT2D eigenvalue weighted by Crippen LogP contribution is -2.50. The molecule has 1 amide bonds. The van der Waals surface area contributed by atoms with Crippen LogP contribution in [0.4, 0.5) is 5.69 Å². The van der Waals surface area contributed by atoms with E-state index in [2.05, 4.69) is 10.2 Å². The number of hydrogen-bond donors (Lipinski definition) is 2. The third-order valence-corrected chi connectivity index (χ3v) is 4.32. The van der Waals surface area contributed by atoms with E-state index in [1.54, 1.807) is 23.1 Å². The van der Waals surface area contributed by atoms with Crippen LogP contribution in [0.2, 0.25) is 10.0 Å². The summed E-state index contributed by atoms with van der Waals surface area (Å²) in [6, 6.07) is 6.87. The first kappa shape index (κ1) is 18.6. The molecule has 128 valence electrons. The topological polar surface area (TPSA) is 85.4 Å². The second-order valence-corrected chi connectivity index (χ2v) is 6.20. The minimum Gasteiger partial charge on any atom is -0.359 e. The van der Waals surface area contributed by atoms with Gasteiger partial charge in [0.25, 0.3) is 5.91 Å². The molecule has 1 fully saturated rings. The Morgan fingerprint density at radius 1 is 1.33 bits per heavy atom. The quantitative estimate of drug-likeness (QED) is 0.613. The number of piperazine rings is 1. The summed E-state index contributed by atoms with van der Waals surface area (Å²) in [4.78, 5) is 16.3. The maximum absolute atomic E-state index is 12.5. The van der Waals surface area contributed by atoms with Gasteiger partial charge in [0.2, 0.25) is 0 Å². The number of carbonyl (C=O) groups is 1. The number of nitrogens with two attached hydrogens (primary N) is 1. The predicted octanol–water partition coefficient (Wildman–Crippen LogP) is 1.92. The number of nitrogens with zero attached hydrogens (tertiary/aromatic N) is 3. The average Bonchev–Trinajstić information content (AvgIpc) is 2.59. The summed E-state index contributed by atoms with van der Waals surface area (Å²) in [6.07, 6.45) is 1.37. The molecule has 0 aromatic heterocycles. The molecule has 1 heterocycles. The molecule has 3 N–H and O–H groups in total. The Bertz CT molecular complexity index is 663. The molecule has 0 atom stereocenters. The largest absolute Gasteiger partial charge is 0.359 e. The van der Waals surface area contributed by atoms with Crippen LogP contribution in [0.1, 0.15) is 0 Å². The first-order valence-corrected chi connectivity index (χ1v) is 8.34. The van der Waals surface area contributed by atoms with E-state index in [1.165, 1.54) is 6.20 Å². The van der Waals surface area contributed by atoms with E-state index in [0.29, 0.717) is 35.4 Å². The number of hydrogen-bond acceptors (Lipinski definition) is 5. The molecular weight excluding hydrogens is 349 g/mol. The fourth-order valence-corrected chi connectivity index (χ4v) is 2.77. The molecule has 0 radical (unpaired) electrons. The average molecular weight is 368 g/mol. The Hall–Kier alpha value is -1.78. The van der Waals surface area contributed by atoms with Gasteiger partial charge < -0.3 is 16.0 Å². The Morgan fingerprint density at radius 2 is 2.04 bits per heavy atom. The molecular formula is C16H19Cl2N5O.